The highest BCUT2D eigenvalue weighted by atomic mass is 16.6. The molecular weight excluding hydrogens is 212 g/mol. The molecule has 0 radical (unpaired) electrons. The Morgan fingerprint density at radius 3 is 2.88 bits per heavy atom. The SMILES string of the molecule is C=CCC(O)C(CC(=O)O)[N+]1([O-])[C+]=NCC1. The van der Waals surface area contributed by atoms with E-state index in [2.05, 4.69) is 17.9 Å². The van der Waals surface area contributed by atoms with Gasteiger partial charge < -0.3 is 15.4 Å². The van der Waals surface area contributed by atoms with E-state index in [9.17, 15) is 15.1 Å². The summed E-state index contributed by atoms with van der Waals surface area (Å²) in [5.74, 6) is -1.12. The first kappa shape index (κ1) is 12.7. The molecule has 6 nitrogen and oxygen atoms in total. The van der Waals surface area contributed by atoms with Gasteiger partial charge in [-0.1, -0.05) is 10.7 Å². The number of aliphatic hydroxyl groups excluding tert-OH is 1. The molecule has 0 saturated carbocycles. The van der Waals surface area contributed by atoms with Gasteiger partial charge in [-0.15, -0.1) is 6.58 Å². The standard InChI is InChI=1S/C10H14N2O4/c1-2-3-9(13)8(6-10(14)15)12(16)5-4-11-7-12/h2,8-9,13H,1,3-6H2/p+1. The Balaban J connectivity index is 2.81. The molecule has 88 valence electrons. The van der Waals surface area contributed by atoms with E-state index in [0.717, 1.165) is 0 Å². The molecule has 0 spiro atoms. The third kappa shape index (κ3) is 2.84. The smallest absolute Gasteiger partial charge is 0.581 e. The monoisotopic (exact) mass is 227 g/mol. The first-order chi connectivity index (χ1) is 7.49. The van der Waals surface area contributed by atoms with Gasteiger partial charge in [0.1, 0.15) is 12.5 Å². The fraction of sp³-hybridized carbons (Fsp3) is 0.600. The zero-order valence-corrected chi connectivity index (χ0v) is 8.87. The fourth-order valence-electron chi connectivity index (χ4n) is 1.73. The van der Waals surface area contributed by atoms with Gasteiger partial charge in [-0.25, -0.2) is 0 Å². The maximum Gasteiger partial charge on any atom is 0.626 e. The molecule has 16 heavy (non-hydrogen) atoms. The van der Waals surface area contributed by atoms with Crippen LogP contribution in [0.1, 0.15) is 12.8 Å². The number of hydroxylamine groups is 3. The fourth-order valence-corrected chi connectivity index (χ4v) is 1.73. The minimum atomic E-state index is -1.12. The Morgan fingerprint density at radius 1 is 1.75 bits per heavy atom. The molecule has 1 rings (SSSR count). The number of nitrogens with zero attached hydrogens (tertiary/aromatic N) is 2. The maximum absolute atomic E-state index is 12.1. The van der Waals surface area contributed by atoms with Crippen molar-refractivity contribution in [2.75, 3.05) is 13.1 Å². The average Bonchev–Trinajstić information content (AvgIpc) is 2.62. The number of aliphatic hydroxyl groups is 1. The normalized spacial score (nSPS) is 27.1. The van der Waals surface area contributed by atoms with Crippen molar-refractivity contribution < 1.29 is 19.7 Å². The minimum absolute atomic E-state index is 0.131. The molecule has 0 aromatic rings. The highest BCUT2D eigenvalue weighted by molar-refractivity contribution is 5.67. The van der Waals surface area contributed by atoms with E-state index in [0.29, 0.717) is 6.54 Å². The summed E-state index contributed by atoms with van der Waals surface area (Å²) in [6, 6.07) is -0.971. The van der Waals surface area contributed by atoms with Crippen LogP contribution in [0.4, 0.5) is 0 Å². The third-order valence-electron chi connectivity index (χ3n) is 2.56. The summed E-state index contributed by atoms with van der Waals surface area (Å²) in [7, 11) is 0. The van der Waals surface area contributed by atoms with Crippen molar-refractivity contribution in [1.29, 1.82) is 0 Å². The summed E-state index contributed by atoms with van der Waals surface area (Å²) in [4.78, 5) is 14.4. The van der Waals surface area contributed by atoms with Crippen molar-refractivity contribution >= 4 is 12.3 Å². The van der Waals surface area contributed by atoms with E-state index in [4.69, 9.17) is 5.11 Å². The van der Waals surface area contributed by atoms with Crippen LogP contribution in [0.2, 0.25) is 0 Å². The number of carboxylic acids is 1. The van der Waals surface area contributed by atoms with Crippen LogP contribution in [-0.4, -0.2) is 52.4 Å². The van der Waals surface area contributed by atoms with Crippen LogP contribution >= 0.6 is 0 Å². The van der Waals surface area contributed by atoms with E-state index in [1.54, 1.807) is 0 Å². The number of carbonyl (C=O) groups is 1. The molecule has 3 atom stereocenters. The van der Waals surface area contributed by atoms with Gasteiger partial charge in [0.05, 0.1) is 0 Å². The summed E-state index contributed by atoms with van der Waals surface area (Å²) in [6.07, 6.45) is 2.53. The molecule has 1 aliphatic heterocycles. The van der Waals surface area contributed by atoms with Crippen LogP contribution in [0, 0.1) is 5.21 Å². The van der Waals surface area contributed by atoms with E-state index in [1.165, 1.54) is 6.08 Å². The molecule has 3 unspecified atom stereocenters. The Kier molecular flexibility index (Phi) is 4.09. The van der Waals surface area contributed by atoms with Crippen LogP contribution in [0.15, 0.2) is 17.6 Å². The number of aliphatic imine (C=N–C) groups is 1. The topological polar surface area (TPSA) is 93.0 Å². The van der Waals surface area contributed by atoms with E-state index < -0.39 is 29.2 Å². The first-order valence-electron chi connectivity index (χ1n) is 5.03. The molecule has 0 saturated heterocycles. The Morgan fingerprint density at radius 2 is 2.44 bits per heavy atom. The van der Waals surface area contributed by atoms with Gasteiger partial charge in [0, 0.05) is 4.99 Å². The van der Waals surface area contributed by atoms with Crippen molar-refractivity contribution in [1.82, 2.24) is 0 Å². The van der Waals surface area contributed by atoms with Gasteiger partial charge in [0.15, 0.2) is 19.1 Å². The molecule has 0 aromatic heterocycles. The Labute approximate surface area is 93.7 Å². The zero-order valence-electron chi connectivity index (χ0n) is 8.87. The molecule has 6 heteroatoms. The van der Waals surface area contributed by atoms with E-state index in [-0.39, 0.29) is 13.0 Å². The Bertz CT molecular complexity index is 305. The molecule has 0 aromatic carbocycles. The molecule has 1 aliphatic rings. The zero-order chi connectivity index (χ0) is 12.2. The van der Waals surface area contributed by atoms with Crippen LogP contribution < -0.4 is 0 Å². The van der Waals surface area contributed by atoms with Crippen molar-refractivity contribution in [3.05, 3.63) is 17.9 Å². The summed E-state index contributed by atoms with van der Waals surface area (Å²) in [5.41, 5.74) is 0. The second-order valence-electron chi connectivity index (χ2n) is 3.76. The lowest BCUT2D eigenvalue weighted by Gasteiger charge is -2.31. The maximum atomic E-state index is 12.1. The summed E-state index contributed by atoms with van der Waals surface area (Å²) < 4.78 is -0.985. The predicted octanol–water partition coefficient (Wildman–Crippen LogP) is 0.000200. The second kappa shape index (κ2) is 5.14. The molecule has 0 amide bonds. The molecule has 1 heterocycles. The molecule has 0 aliphatic carbocycles. The Hall–Kier alpha value is -1.33. The number of hydrogen-bond acceptors (Lipinski definition) is 4. The van der Waals surface area contributed by atoms with Crippen molar-refractivity contribution in [3.63, 3.8) is 0 Å². The number of quaternary nitrogens is 1. The lowest BCUT2D eigenvalue weighted by Crippen LogP contribution is -2.54. The molecular formula is C10H15N2O4+. The lowest BCUT2D eigenvalue weighted by molar-refractivity contribution is -0.808. The van der Waals surface area contributed by atoms with Gasteiger partial charge >= 0.3 is 12.3 Å². The van der Waals surface area contributed by atoms with Crippen LogP contribution in [-0.2, 0) is 4.79 Å². The van der Waals surface area contributed by atoms with Crippen LogP contribution in [0.3, 0.4) is 0 Å². The minimum Gasteiger partial charge on any atom is -0.581 e. The highest BCUT2D eigenvalue weighted by Crippen LogP contribution is 2.21. The second-order valence-corrected chi connectivity index (χ2v) is 3.76. The number of aliphatic carboxylic acids is 1. The predicted molar refractivity (Wildman–Crippen MR) is 57.7 cm³/mol. The third-order valence-corrected chi connectivity index (χ3v) is 2.56. The van der Waals surface area contributed by atoms with E-state index in [1.807, 2.05) is 0 Å². The number of hydrogen-bond donors (Lipinski definition) is 2. The van der Waals surface area contributed by atoms with Crippen molar-refractivity contribution in [3.8, 4) is 0 Å². The summed E-state index contributed by atoms with van der Waals surface area (Å²) >= 11 is 0. The quantitative estimate of drug-likeness (QED) is 0.289. The van der Waals surface area contributed by atoms with Crippen molar-refractivity contribution in [2.45, 2.75) is 25.0 Å². The summed E-state index contributed by atoms with van der Waals surface area (Å²) in [6.45, 7) is 3.90. The largest absolute Gasteiger partial charge is 0.626 e. The highest BCUT2D eigenvalue weighted by Gasteiger charge is 2.48. The van der Waals surface area contributed by atoms with Crippen LogP contribution in [0.25, 0.3) is 0 Å². The van der Waals surface area contributed by atoms with Gasteiger partial charge in [-0.3, -0.25) is 4.79 Å². The van der Waals surface area contributed by atoms with Gasteiger partial charge in [0.2, 0.25) is 0 Å². The number of rotatable bonds is 6. The van der Waals surface area contributed by atoms with Crippen molar-refractivity contribution in [2.24, 2.45) is 4.99 Å². The van der Waals surface area contributed by atoms with Crippen LogP contribution in [0.5, 0.6) is 0 Å². The average molecular weight is 227 g/mol. The van der Waals surface area contributed by atoms with E-state index >= 15 is 0 Å². The lowest BCUT2D eigenvalue weighted by atomic mass is 10.0. The van der Waals surface area contributed by atoms with Gasteiger partial charge in [0.25, 0.3) is 0 Å². The molecule has 0 fully saturated rings. The molecule has 2 N–H and O–H groups in total. The summed E-state index contributed by atoms with van der Waals surface area (Å²) in [5, 5.41) is 30.6. The molecule has 0 bridgehead atoms. The van der Waals surface area contributed by atoms with Gasteiger partial charge in [-0.2, -0.15) is 0 Å². The first-order valence-corrected chi connectivity index (χ1v) is 5.03. The number of carboxylic acid groups (broad SMARTS) is 1. The van der Waals surface area contributed by atoms with Gasteiger partial charge in [-0.05, 0) is 6.42 Å².